The average Bonchev–Trinajstić information content (AvgIpc) is 2.96. The molecule has 0 spiro atoms. The SMILES string of the molecule is CCc1cc(NC2CCN(CC(C)(C)C)CC2)c2nncn2n1. The van der Waals surface area contributed by atoms with Crippen LogP contribution in [-0.2, 0) is 6.42 Å². The van der Waals surface area contributed by atoms with Crippen LogP contribution in [0.4, 0.5) is 5.69 Å². The van der Waals surface area contributed by atoms with Crippen molar-refractivity contribution >= 4 is 11.3 Å². The molecule has 3 rings (SSSR count). The van der Waals surface area contributed by atoms with Crippen LogP contribution in [-0.4, -0.2) is 50.4 Å². The van der Waals surface area contributed by atoms with Crippen LogP contribution in [0.15, 0.2) is 12.4 Å². The van der Waals surface area contributed by atoms with Crippen LogP contribution in [0.3, 0.4) is 0 Å². The van der Waals surface area contributed by atoms with Crippen LogP contribution in [0.2, 0.25) is 0 Å². The van der Waals surface area contributed by atoms with Crippen LogP contribution >= 0.6 is 0 Å². The Labute approximate surface area is 138 Å². The second kappa shape index (κ2) is 6.43. The van der Waals surface area contributed by atoms with Gasteiger partial charge in [0.05, 0.1) is 11.4 Å². The van der Waals surface area contributed by atoms with Gasteiger partial charge in [0, 0.05) is 25.7 Å². The summed E-state index contributed by atoms with van der Waals surface area (Å²) in [7, 11) is 0. The maximum atomic E-state index is 4.50. The molecule has 6 heteroatoms. The molecular weight excluding hydrogens is 288 g/mol. The number of aromatic nitrogens is 4. The molecule has 0 amide bonds. The van der Waals surface area contributed by atoms with Gasteiger partial charge in [-0.05, 0) is 30.7 Å². The second-order valence-corrected chi connectivity index (χ2v) is 7.76. The Kier molecular flexibility index (Phi) is 4.53. The second-order valence-electron chi connectivity index (χ2n) is 7.76. The minimum absolute atomic E-state index is 0.370. The molecule has 6 nitrogen and oxygen atoms in total. The third-order valence-corrected chi connectivity index (χ3v) is 4.33. The first-order valence-corrected chi connectivity index (χ1v) is 8.63. The van der Waals surface area contributed by atoms with E-state index in [1.54, 1.807) is 10.8 Å². The van der Waals surface area contributed by atoms with Crippen molar-refractivity contribution in [2.45, 2.75) is 53.0 Å². The molecule has 126 valence electrons. The average molecular weight is 316 g/mol. The lowest BCUT2D eigenvalue weighted by Gasteiger charge is -2.36. The molecule has 1 saturated heterocycles. The Morgan fingerprint density at radius 3 is 2.65 bits per heavy atom. The Balaban J connectivity index is 1.66. The van der Waals surface area contributed by atoms with E-state index in [9.17, 15) is 0 Å². The highest BCUT2D eigenvalue weighted by Gasteiger charge is 2.23. The molecule has 0 unspecified atom stereocenters. The molecule has 0 bridgehead atoms. The van der Waals surface area contributed by atoms with Gasteiger partial charge in [-0.15, -0.1) is 10.2 Å². The molecule has 1 fully saturated rings. The third-order valence-electron chi connectivity index (χ3n) is 4.33. The fourth-order valence-electron chi connectivity index (χ4n) is 3.28. The van der Waals surface area contributed by atoms with Gasteiger partial charge in [-0.25, -0.2) is 0 Å². The number of fused-ring (bicyclic) bond motifs is 1. The van der Waals surface area contributed by atoms with Gasteiger partial charge in [0.2, 0.25) is 5.65 Å². The number of nitrogens with zero attached hydrogens (tertiary/aromatic N) is 5. The number of hydrogen-bond donors (Lipinski definition) is 1. The van der Waals surface area contributed by atoms with Crippen molar-refractivity contribution in [2.24, 2.45) is 5.41 Å². The molecule has 0 aliphatic carbocycles. The van der Waals surface area contributed by atoms with E-state index in [0.717, 1.165) is 36.5 Å². The minimum atomic E-state index is 0.370. The summed E-state index contributed by atoms with van der Waals surface area (Å²) in [6.45, 7) is 12.5. The van der Waals surface area contributed by atoms with Gasteiger partial charge < -0.3 is 10.2 Å². The number of likely N-dealkylation sites (tertiary alicyclic amines) is 1. The van der Waals surface area contributed by atoms with Gasteiger partial charge in [-0.1, -0.05) is 27.7 Å². The van der Waals surface area contributed by atoms with Gasteiger partial charge in [0.1, 0.15) is 6.33 Å². The van der Waals surface area contributed by atoms with Crippen molar-refractivity contribution in [3.8, 4) is 0 Å². The lowest BCUT2D eigenvalue weighted by atomic mass is 9.94. The molecule has 2 aromatic heterocycles. The molecule has 0 aromatic carbocycles. The van der Waals surface area contributed by atoms with E-state index in [2.05, 4.69) is 59.3 Å². The molecule has 1 N–H and O–H groups in total. The van der Waals surface area contributed by atoms with Crippen LogP contribution in [0, 0.1) is 5.41 Å². The monoisotopic (exact) mass is 316 g/mol. The molecule has 1 aliphatic rings. The van der Waals surface area contributed by atoms with Crippen molar-refractivity contribution < 1.29 is 0 Å². The van der Waals surface area contributed by atoms with E-state index < -0.39 is 0 Å². The molecule has 3 heterocycles. The van der Waals surface area contributed by atoms with E-state index in [1.165, 1.54) is 19.4 Å². The molecule has 23 heavy (non-hydrogen) atoms. The summed E-state index contributed by atoms with van der Waals surface area (Å²) >= 11 is 0. The topological polar surface area (TPSA) is 58.3 Å². The van der Waals surface area contributed by atoms with Crippen LogP contribution in [0.25, 0.3) is 5.65 Å². The standard InChI is InChI=1S/C17H28N6/c1-5-13-10-15(16-20-18-12-23(16)21-13)19-14-6-8-22(9-7-14)11-17(2,3)4/h10,12,14,19H,5-9,11H2,1-4H3. The lowest BCUT2D eigenvalue weighted by molar-refractivity contribution is 0.158. The summed E-state index contributed by atoms with van der Waals surface area (Å²) in [5.41, 5.74) is 3.31. The highest BCUT2D eigenvalue weighted by atomic mass is 15.3. The minimum Gasteiger partial charge on any atom is -0.379 e. The highest BCUT2D eigenvalue weighted by Crippen LogP contribution is 2.23. The van der Waals surface area contributed by atoms with Gasteiger partial charge in [0.25, 0.3) is 0 Å². The largest absolute Gasteiger partial charge is 0.379 e. The van der Waals surface area contributed by atoms with Gasteiger partial charge >= 0.3 is 0 Å². The zero-order valence-electron chi connectivity index (χ0n) is 14.7. The number of aryl methyl sites for hydroxylation is 1. The highest BCUT2D eigenvalue weighted by molar-refractivity contribution is 5.67. The van der Waals surface area contributed by atoms with E-state index in [1.807, 2.05) is 0 Å². The molecular formula is C17H28N6. The number of hydrogen-bond acceptors (Lipinski definition) is 5. The molecule has 0 radical (unpaired) electrons. The van der Waals surface area contributed by atoms with Crippen molar-refractivity contribution in [1.29, 1.82) is 0 Å². The van der Waals surface area contributed by atoms with E-state index in [0.29, 0.717) is 11.5 Å². The Bertz CT molecular complexity index is 649. The normalized spacial score (nSPS) is 17.7. The maximum Gasteiger partial charge on any atom is 0.200 e. The Morgan fingerprint density at radius 2 is 2.00 bits per heavy atom. The zero-order valence-corrected chi connectivity index (χ0v) is 14.7. The smallest absolute Gasteiger partial charge is 0.200 e. The van der Waals surface area contributed by atoms with Crippen molar-refractivity contribution in [1.82, 2.24) is 24.7 Å². The van der Waals surface area contributed by atoms with Crippen LogP contribution in [0.1, 0.15) is 46.2 Å². The molecule has 0 saturated carbocycles. The summed E-state index contributed by atoms with van der Waals surface area (Å²) in [5.74, 6) is 0. The zero-order chi connectivity index (χ0) is 16.4. The first-order valence-electron chi connectivity index (χ1n) is 8.63. The molecule has 2 aromatic rings. The van der Waals surface area contributed by atoms with Crippen LogP contribution < -0.4 is 5.32 Å². The van der Waals surface area contributed by atoms with E-state index in [-0.39, 0.29) is 0 Å². The Hall–Kier alpha value is -1.69. The summed E-state index contributed by atoms with van der Waals surface area (Å²) < 4.78 is 1.77. The fraction of sp³-hybridized carbons (Fsp3) is 0.706. The lowest BCUT2D eigenvalue weighted by Crippen LogP contribution is -2.42. The van der Waals surface area contributed by atoms with E-state index in [4.69, 9.17) is 0 Å². The van der Waals surface area contributed by atoms with Crippen molar-refractivity contribution in [2.75, 3.05) is 25.0 Å². The number of anilines is 1. The van der Waals surface area contributed by atoms with Crippen molar-refractivity contribution in [3.05, 3.63) is 18.1 Å². The summed E-state index contributed by atoms with van der Waals surface area (Å²) in [6.07, 6.45) is 4.92. The third kappa shape index (κ3) is 3.99. The van der Waals surface area contributed by atoms with Gasteiger partial charge in [-0.3, -0.25) is 0 Å². The molecule has 0 atom stereocenters. The molecule has 1 aliphatic heterocycles. The first kappa shape index (κ1) is 16.2. The Morgan fingerprint density at radius 1 is 1.26 bits per heavy atom. The number of nitrogens with one attached hydrogen (secondary N) is 1. The predicted octanol–water partition coefficient (Wildman–Crippen LogP) is 2.61. The maximum absolute atomic E-state index is 4.50. The summed E-state index contributed by atoms with van der Waals surface area (Å²) in [4.78, 5) is 2.58. The first-order chi connectivity index (χ1) is 10.9. The summed E-state index contributed by atoms with van der Waals surface area (Å²) in [6, 6.07) is 2.62. The van der Waals surface area contributed by atoms with Crippen molar-refractivity contribution in [3.63, 3.8) is 0 Å². The quantitative estimate of drug-likeness (QED) is 0.939. The summed E-state index contributed by atoms with van der Waals surface area (Å²) in [5, 5.41) is 16.4. The number of piperidine rings is 1. The van der Waals surface area contributed by atoms with Gasteiger partial charge in [-0.2, -0.15) is 9.61 Å². The number of rotatable bonds is 4. The fourth-order valence-corrected chi connectivity index (χ4v) is 3.28. The van der Waals surface area contributed by atoms with E-state index >= 15 is 0 Å². The van der Waals surface area contributed by atoms with Crippen LogP contribution in [0.5, 0.6) is 0 Å². The predicted molar refractivity (Wildman–Crippen MR) is 92.7 cm³/mol. The van der Waals surface area contributed by atoms with Gasteiger partial charge in [0.15, 0.2) is 0 Å².